The van der Waals surface area contributed by atoms with Gasteiger partial charge >= 0.3 is 12.0 Å². The summed E-state index contributed by atoms with van der Waals surface area (Å²) in [5, 5.41) is 2.92. The van der Waals surface area contributed by atoms with Crippen LogP contribution in [-0.2, 0) is 9.53 Å². The fourth-order valence-corrected chi connectivity index (χ4v) is 2.11. The molecule has 2 fully saturated rings. The minimum Gasteiger partial charge on any atom is -0.458 e. The first kappa shape index (κ1) is 13.2. The normalized spacial score (nSPS) is 23.9. The third-order valence-corrected chi connectivity index (χ3v) is 3.10. The zero-order chi connectivity index (χ0) is 13.3. The molecule has 0 aromatic heterocycles. The quantitative estimate of drug-likeness (QED) is 0.762. The van der Waals surface area contributed by atoms with Gasteiger partial charge in [0.25, 0.3) is 0 Å². The van der Waals surface area contributed by atoms with E-state index in [0.717, 1.165) is 19.3 Å². The van der Waals surface area contributed by atoms with Crippen molar-refractivity contribution in [2.75, 3.05) is 6.54 Å². The smallest absolute Gasteiger partial charge is 0.329 e. The van der Waals surface area contributed by atoms with Gasteiger partial charge < -0.3 is 15.0 Å². The molecule has 2 amide bonds. The van der Waals surface area contributed by atoms with Crippen LogP contribution in [-0.4, -0.2) is 41.1 Å². The van der Waals surface area contributed by atoms with Gasteiger partial charge in [-0.05, 0) is 46.5 Å². The molecule has 0 aromatic rings. The highest BCUT2D eigenvalue weighted by atomic mass is 16.6. The Bertz CT molecular complexity index is 345. The lowest BCUT2D eigenvalue weighted by Crippen LogP contribution is -2.48. The Morgan fingerprint density at radius 2 is 1.89 bits per heavy atom. The van der Waals surface area contributed by atoms with Crippen LogP contribution >= 0.6 is 0 Å². The van der Waals surface area contributed by atoms with Gasteiger partial charge in [-0.15, -0.1) is 0 Å². The summed E-state index contributed by atoms with van der Waals surface area (Å²) in [6, 6.07) is -0.216. The Labute approximate surface area is 108 Å². The number of hydrogen-bond acceptors (Lipinski definition) is 3. The summed E-state index contributed by atoms with van der Waals surface area (Å²) in [5.41, 5.74) is -0.502. The fraction of sp³-hybridized carbons (Fsp3) is 0.846. The van der Waals surface area contributed by atoms with E-state index >= 15 is 0 Å². The number of amides is 2. The van der Waals surface area contributed by atoms with E-state index < -0.39 is 11.6 Å². The summed E-state index contributed by atoms with van der Waals surface area (Å²) in [5.74, 6) is -0.286. The van der Waals surface area contributed by atoms with Crippen molar-refractivity contribution in [3.05, 3.63) is 0 Å². The summed E-state index contributed by atoms with van der Waals surface area (Å²) in [4.78, 5) is 25.6. The van der Waals surface area contributed by atoms with Crippen molar-refractivity contribution in [1.82, 2.24) is 10.2 Å². The Kier molecular flexibility index (Phi) is 3.50. The van der Waals surface area contributed by atoms with Crippen LogP contribution in [0.25, 0.3) is 0 Å². The van der Waals surface area contributed by atoms with Crippen LogP contribution in [0.5, 0.6) is 0 Å². The van der Waals surface area contributed by atoms with Crippen LogP contribution in [0.3, 0.4) is 0 Å². The highest BCUT2D eigenvalue weighted by Gasteiger charge is 2.38. The number of carbonyl (C=O) groups is 2. The van der Waals surface area contributed by atoms with Crippen molar-refractivity contribution in [3.8, 4) is 0 Å². The van der Waals surface area contributed by atoms with E-state index in [9.17, 15) is 9.59 Å². The minimum absolute atomic E-state index is 0.120. The van der Waals surface area contributed by atoms with Crippen molar-refractivity contribution >= 4 is 12.0 Å². The van der Waals surface area contributed by atoms with E-state index in [2.05, 4.69) is 5.32 Å². The molecule has 0 radical (unpaired) electrons. The Morgan fingerprint density at radius 1 is 1.22 bits per heavy atom. The molecule has 2 aliphatic rings. The first-order chi connectivity index (χ1) is 8.37. The number of urea groups is 1. The molecule has 18 heavy (non-hydrogen) atoms. The van der Waals surface area contributed by atoms with Crippen LogP contribution in [0.4, 0.5) is 4.79 Å². The van der Waals surface area contributed by atoms with Crippen molar-refractivity contribution in [2.24, 2.45) is 0 Å². The van der Waals surface area contributed by atoms with E-state index in [1.165, 1.54) is 0 Å². The first-order valence-corrected chi connectivity index (χ1v) is 6.67. The lowest BCUT2D eigenvalue weighted by atomic mass is 10.1. The Hall–Kier alpha value is -1.26. The summed E-state index contributed by atoms with van der Waals surface area (Å²) in [6.45, 7) is 6.17. The number of ether oxygens (including phenoxy) is 1. The summed E-state index contributed by atoms with van der Waals surface area (Å²) in [6.07, 6.45) is 3.67. The fourth-order valence-electron chi connectivity index (χ4n) is 2.11. The molecule has 1 saturated carbocycles. The first-order valence-electron chi connectivity index (χ1n) is 6.67. The average molecular weight is 254 g/mol. The number of hydrogen-bond donors (Lipinski definition) is 1. The third-order valence-electron chi connectivity index (χ3n) is 3.10. The SMILES string of the molecule is CC(C)(C)OC(=O)[C@@H]1CCCN1C(=O)NC1CC1. The highest BCUT2D eigenvalue weighted by molar-refractivity contribution is 5.84. The molecule has 0 unspecified atom stereocenters. The zero-order valence-corrected chi connectivity index (χ0v) is 11.4. The van der Waals surface area contributed by atoms with Crippen molar-refractivity contribution < 1.29 is 14.3 Å². The van der Waals surface area contributed by atoms with Gasteiger partial charge in [0.2, 0.25) is 0 Å². The number of rotatable bonds is 2. The second-order valence-corrected chi connectivity index (χ2v) is 6.11. The standard InChI is InChI=1S/C13H22N2O3/c1-13(2,3)18-11(16)10-5-4-8-15(10)12(17)14-9-6-7-9/h9-10H,4-8H2,1-3H3,(H,14,17)/t10-/m0/s1. The molecule has 1 heterocycles. The van der Waals surface area contributed by atoms with Gasteiger partial charge in [0, 0.05) is 12.6 Å². The maximum absolute atomic E-state index is 12.0. The molecule has 102 valence electrons. The molecule has 1 N–H and O–H groups in total. The molecular formula is C13H22N2O3. The molecule has 2 rings (SSSR count). The zero-order valence-electron chi connectivity index (χ0n) is 11.4. The topological polar surface area (TPSA) is 58.6 Å². The number of carbonyl (C=O) groups excluding carboxylic acids is 2. The van der Waals surface area contributed by atoms with E-state index in [4.69, 9.17) is 4.74 Å². The van der Waals surface area contributed by atoms with Gasteiger partial charge in [0.15, 0.2) is 0 Å². The van der Waals surface area contributed by atoms with E-state index in [-0.39, 0.29) is 12.0 Å². The number of nitrogens with zero attached hydrogens (tertiary/aromatic N) is 1. The molecule has 0 bridgehead atoms. The average Bonchev–Trinajstić information content (AvgIpc) is 2.90. The predicted molar refractivity (Wildman–Crippen MR) is 67.1 cm³/mol. The lowest BCUT2D eigenvalue weighted by molar-refractivity contribution is -0.159. The predicted octanol–water partition coefficient (Wildman–Crippen LogP) is 1.66. The maximum atomic E-state index is 12.0. The van der Waals surface area contributed by atoms with Crippen LogP contribution in [0.1, 0.15) is 46.5 Å². The summed E-state index contributed by atoms with van der Waals surface area (Å²) in [7, 11) is 0. The monoisotopic (exact) mass is 254 g/mol. The molecule has 1 aliphatic heterocycles. The minimum atomic E-state index is -0.502. The van der Waals surface area contributed by atoms with E-state index in [1.807, 2.05) is 20.8 Å². The Balaban J connectivity index is 1.93. The second-order valence-electron chi connectivity index (χ2n) is 6.11. The molecular weight excluding hydrogens is 232 g/mol. The van der Waals surface area contributed by atoms with Gasteiger partial charge in [-0.1, -0.05) is 0 Å². The van der Waals surface area contributed by atoms with Crippen LogP contribution in [0, 0.1) is 0 Å². The summed E-state index contributed by atoms with van der Waals surface area (Å²) < 4.78 is 5.36. The third kappa shape index (κ3) is 3.37. The summed E-state index contributed by atoms with van der Waals surface area (Å²) >= 11 is 0. The number of esters is 1. The van der Waals surface area contributed by atoms with Crippen LogP contribution in [0.15, 0.2) is 0 Å². The molecule has 1 atom stereocenters. The maximum Gasteiger partial charge on any atom is 0.329 e. The van der Waals surface area contributed by atoms with Crippen molar-refractivity contribution in [1.29, 1.82) is 0 Å². The molecule has 1 aliphatic carbocycles. The lowest BCUT2D eigenvalue weighted by Gasteiger charge is -2.27. The molecule has 1 saturated heterocycles. The van der Waals surface area contributed by atoms with Gasteiger partial charge in [-0.3, -0.25) is 0 Å². The van der Waals surface area contributed by atoms with Gasteiger partial charge in [-0.25, -0.2) is 9.59 Å². The van der Waals surface area contributed by atoms with Crippen LogP contribution < -0.4 is 5.32 Å². The second kappa shape index (κ2) is 4.78. The van der Waals surface area contributed by atoms with E-state index in [1.54, 1.807) is 4.90 Å². The Morgan fingerprint density at radius 3 is 2.44 bits per heavy atom. The number of nitrogens with one attached hydrogen (secondary N) is 1. The molecule has 5 nitrogen and oxygen atoms in total. The van der Waals surface area contributed by atoms with Gasteiger partial charge in [0.05, 0.1) is 0 Å². The van der Waals surface area contributed by atoms with Gasteiger partial charge in [-0.2, -0.15) is 0 Å². The highest BCUT2D eigenvalue weighted by Crippen LogP contribution is 2.23. The van der Waals surface area contributed by atoms with Gasteiger partial charge in [0.1, 0.15) is 11.6 Å². The van der Waals surface area contributed by atoms with Crippen LogP contribution in [0.2, 0.25) is 0 Å². The largest absolute Gasteiger partial charge is 0.458 e. The number of likely N-dealkylation sites (tertiary alicyclic amines) is 1. The molecule has 0 aromatic carbocycles. The molecule has 5 heteroatoms. The van der Waals surface area contributed by atoms with Crippen molar-refractivity contribution in [2.45, 2.75) is 64.1 Å². The van der Waals surface area contributed by atoms with Crippen molar-refractivity contribution in [3.63, 3.8) is 0 Å². The molecule has 0 spiro atoms. The van der Waals surface area contributed by atoms with E-state index in [0.29, 0.717) is 19.0 Å².